The number of carboxylic acids is 1. The fourth-order valence-electron chi connectivity index (χ4n) is 1.97. The molecule has 3 N–H and O–H groups in total. The molecule has 0 saturated carbocycles. The van der Waals surface area contributed by atoms with E-state index >= 15 is 0 Å². The third kappa shape index (κ3) is 2.58. The highest BCUT2D eigenvalue weighted by Gasteiger charge is 2.31. The topological polar surface area (TPSA) is 79.5 Å². The zero-order valence-corrected chi connectivity index (χ0v) is 10.8. The summed E-state index contributed by atoms with van der Waals surface area (Å²) in [6.45, 7) is 6.39. The first-order chi connectivity index (χ1) is 7.89. The molecule has 94 valence electrons. The molecule has 0 aliphatic carbocycles. The predicted octanol–water partition coefficient (Wildman–Crippen LogP) is 1.46. The van der Waals surface area contributed by atoms with Crippen molar-refractivity contribution >= 4 is 22.4 Å². The second kappa shape index (κ2) is 4.27. The van der Waals surface area contributed by atoms with E-state index in [2.05, 4.69) is 23.7 Å². The van der Waals surface area contributed by atoms with Crippen molar-refractivity contribution in [3.8, 4) is 0 Å². The molecule has 1 unspecified atom stereocenters. The summed E-state index contributed by atoms with van der Waals surface area (Å²) in [6, 6.07) is -1.02. The summed E-state index contributed by atoms with van der Waals surface area (Å²) in [7, 11) is 0. The van der Waals surface area contributed by atoms with Gasteiger partial charge in [-0.3, -0.25) is 4.79 Å². The Morgan fingerprint density at radius 3 is 2.94 bits per heavy atom. The van der Waals surface area contributed by atoms with Crippen LogP contribution in [0.15, 0.2) is 5.38 Å². The van der Waals surface area contributed by atoms with Crippen LogP contribution in [0.3, 0.4) is 0 Å². The minimum absolute atomic E-state index is 0.306. The number of carbonyl (C=O) groups is 1. The average molecular weight is 255 g/mol. The molecule has 0 spiro atoms. The molecule has 17 heavy (non-hydrogen) atoms. The normalized spacial score (nSPS) is 20.5. The highest BCUT2D eigenvalue weighted by molar-refractivity contribution is 7.13. The Morgan fingerprint density at radius 2 is 2.41 bits per heavy atom. The summed E-state index contributed by atoms with van der Waals surface area (Å²) in [5.74, 6) is -1.04. The van der Waals surface area contributed by atoms with Gasteiger partial charge in [0, 0.05) is 18.5 Å². The lowest BCUT2D eigenvalue weighted by Gasteiger charge is -2.18. The first kappa shape index (κ1) is 12.3. The summed E-state index contributed by atoms with van der Waals surface area (Å²) in [6.07, 6.45) is 1.13. The number of aromatic nitrogens is 1. The average Bonchev–Trinajstić information content (AvgIpc) is 2.82. The van der Waals surface area contributed by atoms with Crippen molar-refractivity contribution < 1.29 is 9.90 Å². The lowest BCUT2D eigenvalue weighted by Crippen LogP contribution is -2.24. The number of nitrogens with two attached hydrogens (primary N) is 1. The SMILES string of the molecule is CC1(C)CCN(c2nc(C(N)C(=O)O)cs2)C1. The Hall–Kier alpha value is -1.14. The van der Waals surface area contributed by atoms with Gasteiger partial charge in [-0.05, 0) is 11.8 Å². The standard InChI is InChI=1S/C11H17N3O2S/c1-11(2)3-4-14(6-11)10-13-7(5-17-10)8(12)9(15)16/h5,8H,3-4,6,12H2,1-2H3,(H,15,16). The maximum atomic E-state index is 10.8. The largest absolute Gasteiger partial charge is 0.480 e. The summed E-state index contributed by atoms with van der Waals surface area (Å²) in [4.78, 5) is 17.3. The minimum Gasteiger partial charge on any atom is -0.480 e. The molecule has 0 aromatic carbocycles. The van der Waals surface area contributed by atoms with Gasteiger partial charge in [-0.1, -0.05) is 13.8 Å². The van der Waals surface area contributed by atoms with Crippen LogP contribution in [0, 0.1) is 5.41 Å². The van der Waals surface area contributed by atoms with Gasteiger partial charge < -0.3 is 15.7 Å². The number of rotatable bonds is 3. The Labute approximate surface area is 104 Å². The molecule has 0 amide bonds. The number of aliphatic carboxylic acids is 1. The Balaban J connectivity index is 2.12. The van der Waals surface area contributed by atoms with E-state index in [0.717, 1.165) is 24.6 Å². The summed E-state index contributed by atoms with van der Waals surface area (Å²) in [5.41, 5.74) is 6.28. The van der Waals surface area contributed by atoms with Crippen molar-refractivity contribution in [1.29, 1.82) is 0 Å². The number of nitrogens with zero attached hydrogens (tertiary/aromatic N) is 2. The molecule has 1 saturated heterocycles. The van der Waals surface area contributed by atoms with Crippen LogP contribution in [0.4, 0.5) is 5.13 Å². The van der Waals surface area contributed by atoms with Crippen molar-refractivity contribution in [3.05, 3.63) is 11.1 Å². The van der Waals surface area contributed by atoms with E-state index in [0.29, 0.717) is 11.1 Å². The highest BCUT2D eigenvalue weighted by atomic mass is 32.1. The van der Waals surface area contributed by atoms with Gasteiger partial charge >= 0.3 is 5.97 Å². The predicted molar refractivity (Wildman–Crippen MR) is 67.3 cm³/mol. The number of hydrogen-bond donors (Lipinski definition) is 2. The van der Waals surface area contributed by atoms with Gasteiger partial charge in [0.05, 0.1) is 5.69 Å². The lowest BCUT2D eigenvalue weighted by atomic mass is 9.93. The van der Waals surface area contributed by atoms with Crippen LogP contribution in [-0.4, -0.2) is 29.1 Å². The number of carboxylic acid groups (broad SMARTS) is 1. The Morgan fingerprint density at radius 1 is 1.71 bits per heavy atom. The van der Waals surface area contributed by atoms with Gasteiger partial charge in [0.25, 0.3) is 0 Å². The molecule has 1 aromatic rings. The van der Waals surface area contributed by atoms with Crippen molar-refractivity contribution in [2.24, 2.45) is 11.1 Å². The Bertz CT molecular complexity index is 430. The van der Waals surface area contributed by atoms with E-state index < -0.39 is 12.0 Å². The van der Waals surface area contributed by atoms with Crippen molar-refractivity contribution in [3.63, 3.8) is 0 Å². The quantitative estimate of drug-likeness (QED) is 0.855. The Kier molecular flexibility index (Phi) is 3.09. The van der Waals surface area contributed by atoms with E-state index in [9.17, 15) is 4.79 Å². The molecule has 1 atom stereocenters. The zero-order valence-electron chi connectivity index (χ0n) is 10.0. The van der Waals surface area contributed by atoms with Gasteiger partial charge in [-0.25, -0.2) is 4.98 Å². The molecule has 1 fully saturated rings. The maximum Gasteiger partial charge on any atom is 0.326 e. The monoisotopic (exact) mass is 255 g/mol. The molecular formula is C11H17N3O2S. The van der Waals surface area contributed by atoms with Gasteiger partial charge in [-0.15, -0.1) is 11.3 Å². The molecule has 0 radical (unpaired) electrons. The van der Waals surface area contributed by atoms with E-state index in [1.807, 2.05) is 0 Å². The van der Waals surface area contributed by atoms with Crippen molar-refractivity contribution in [2.75, 3.05) is 18.0 Å². The summed E-state index contributed by atoms with van der Waals surface area (Å²) < 4.78 is 0. The second-order valence-corrected chi connectivity index (χ2v) is 6.04. The molecule has 5 nitrogen and oxygen atoms in total. The minimum atomic E-state index is -1.04. The lowest BCUT2D eigenvalue weighted by molar-refractivity contribution is -0.138. The number of thiazole rings is 1. The van der Waals surface area contributed by atoms with Crippen LogP contribution >= 0.6 is 11.3 Å². The van der Waals surface area contributed by atoms with E-state index in [4.69, 9.17) is 10.8 Å². The van der Waals surface area contributed by atoms with Crippen LogP contribution in [-0.2, 0) is 4.79 Å². The molecule has 1 aliphatic heterocycles. The van der Waals surface area contributed by atoms with Crippen LogP contribution in [0.25, 0.3) is 0 Å². The smallest absolute Gasteiger partial charge is 0.326 e. The second-order valence-electron chi connectivity index (χ2n) is 5.21. The first-order valence-corrected chi connectivity index (χ1v) is 6.46. The van der Waals surface area contributed by atoms with Gasteiger partial charge in [-0.2, -0.15) is 0 Å². The fourth-order valence-corrected chi connectivity index (χ4v) is 2.86. The van der Waals surface area contributed by atoms with Crippen LogP contribution in [0.1, 0.15) is 32.0 Å². The first-order valence-electron chi connectivity index (χ1n) is 5.58. The van der Waals surface area contributed by atoms with Crippen molar-refractivity contribution in [2.45, 2.75) is 26.3 Å². The molecule has 0 bridgehead atoms. The molecule has 1 aromatic heterocycles. The van der Waals surface area contributed by atoms with Crippen LogP contribution in [0.2, 0.25) is 0 Å². The number of hydrogen-bond acceptors (Lipinski definition) is 5. The van der Waals surface area contributed by atoms with Crippen molar-refractivity contribution in [1.82, 2.24) is 4.98 Å². The molecule has 6 heteroatoms. The third-order valence-electron chi connectivity index (χ3n) is 3.04. The molecule has 2 heterocycles. The zero-order chi connectivity index (χ0) is 12.6. The number of anilines is 1. The highest BCUT2D eigenvalue weighted by Crippen LogP contribution is 2.34. The third-order valence-corrected chi connectivity index (χ3v) is 3.96. The maximum absolute atomic E-state index is 10.8. The van der Waals surface area contributed by atoms with E-state index in [1.54, 1.807) is 5.38 Å². The van der Waals surface area contributed by atoms with E-state index in [-0.39, 0.29) is 0 Å². The van der Waals surface area contributed by atoms with Gasteiger partial charge in [0.15, 0.2) is 5.13 Å². The van der Waals surface area contributed by atoms with Crippen LogP contribution < -0.4 is 10.6 Å². The van der Waals surface area contributed by atoms with Crippen LogP contribution in [0.5, 0.6) is 0 Å². The molecular weight excluding hydrogens is 238 g/mol. The van der Waals surface area contributed by atoms with Gasteiger partial charge in [0.1, 0.15) is 6.04 Å². The molecule has 2 rings (SSSR count). The fraction of sp³-hybridized carbons (Fsp3) is 0.636. The molecule has 1 aliphatic rings. The summed E-state index contributed by atoms with van der Waals surface area (Å²) in [5, 5.41) is 11.4. The van der Waals surface area contributed by atoms with Gasteiger partial charge in [0.2, 0.25) is 0 Å². The summed E-state index contributed by atoms with van der Waals surface area (Å²) >= 11 is 1.46. The van der Waals surface area contributed by atoms with E-state index in [1.165, 1.54) is 11.3 Å².